The third kappa shape index (κ3) is 4.08. The first-order valence-electron chi connectivity index (χ1n) is 9.93. The SMILES string of the molecule is Cc1nnc2sc(-c3ccc(CNC(=S)NC(=O)c4ccc5ccccc5c4)cc3)nn12. The molecule has 0 radical (unpaired) electrons. The Morgan fingerprint density at radius 1 is 1.03 bits per heavy atom. The summed E-state index contributed by atoms with van der Waals surface area (Å²) in [7, 11) is 0. The maximum absolute atomic E-state index is 12.5. The van der Waals surface area contributed by atoms with Gasteiger partial charge in [0.15, 0.2) is 10.9 Å². The van der Waals surface area contributed by atoms with E-state index in [-0.39, 0.29) is 11.0 Å². The number of nitrogens with one attached hydrogen (secondary N) is 2. The highest BCUT2D eigenvalue weighted by atomic mass is 32.1. The van der Waals surface area contributed by atoms with Crippen molar-refractivity contribution in [3.05, 3.63) is 83.7 Å². The van der Waals surface area contributed by atoms with Crippen LogP contribution in [-0.4, -0.2) is 30.8 Å². The van der Waals surface area contributed by atoms with E-state index < -0.39 is 0 Å². The molecule has 1 amide bonds. The molecule has 0 fully saturated rings. The Morgan fingerprint density at radius 2 is 1.81 bits per heavy atom. The molecule has 2 N–H and O–H groups in total. The first-order valence-corrected chi connectivity index (χ1v) is 11.2. The summed E-state index contributed by atoms with van der Waals surface area (Å²) in [5.41, 5.74) is 2.61. The van der Waals surface area contributed by atoms with Crippen LogP contribution < -0.4 is 10.6 Å². The summed E-state index contributed by atoms with van der Waals surface area (Å²) in [6, 6.07) is 21.5. The molecule has 0 aliphatic heterocycles. The van der Waals surface area contributed by atoms with Crippen LogP contribution in [0.3, 0.4) is 0 Å². The maximum Gasteiger partial charge on any atom is 0.257 e. The average molecular weight is 459 g/mol. The van der Waals surface area contributed by atoms with Crippen molar-refractivity contribution < 1.29 is 4.79 Å². The molecular weight excluding hydrogens is 440 g/mol. The van der Waals surface area contributed by atoms with Gasteiger partial charge >= 0.3 is 0 Å². The average Bonchev–Trinajstić information content (AvgIpc) is 3.39. The van der Waals surface area contributed by atoms with Crippen molar-refractivity contribution in [2.24, 2.45) is 0 Å². The molecule has 0 atom stereocenters. The van der Waals surface area contributed by atoms with Gasteiger partial charge in [-0.2, -0.15) is 9.61 Å². The predicted molar refractivity (Wildman–Crippen MR) is 130 cm³/mol. The van der Waals surface area contributed by atoms with Gasteiger partial charge in [0.1, 0.15) is 5.01 Å². The van der Waals surface area contributed by atoms with E-state index in [1.807, 2.05) is 67.6 Å². The van der Waals surface area contributed by atoms with Gasteiger partial charge in [-0.25, -0.2) is 0 Å². The molecule has 32 heavy (non-hydrogen) atoms. The van der Waals surface area contributed by atoms with Crippen LogP contribution in [0.15, 0.2) is 66.7 Å². The standard InChI is InChI=1S/C23H18N6OS2/c1-14-26-27-23-29(14)28-21(32-23)17-8-6-15(7-9-17)13-24-22(31)25-20(30)19-11-10-16-4-2-3-5-18(16)12-19/h2-12H,13H2,1H3,(H2,24,25,30,31). The number of nitrogens with zero attached hydrogens (tertiary/aromatic N) is 4. The Morgan fingerprint density at radius 3 is 2.59 bits per heavy atom. The van der Waals surface area contributed by atoms with E-state index in [0.29, 0.717) is 12.1 Å². The van der Waals surface area contributed by atoms with Crippen LogP contribution >= 0.6 is 23.6 Å². The zero-order valence-electron chi connectivity index (χ0n) is 17.1. The number of carbonyl (C=O) groups excluding carboxylic acids is 1. The zero-order valence-corrected chi connectivity index (χ0v) is 18.7. The fourth-order valence-electron chi connectivity index (χ4n) is 3.33. The lowest BCUT2D eigenvalue weighted by molar-refractivity contribution is 0.0977. The summed E-state index contributed by atoms with van der Waals surface area (Å²) in [6.07, 6.45) is 0. The molecule has 0 aliphatic rings. The fraction of sp³-hybridized carbons (Fsp3) is 0.0870. The summed E-state index contributed by atoms with van der Waals surface area (Å²) in [5, 5.41) is 21.8. The van der Waals surface area contributed by atoms with Crippen LogP contribution in [-0.2, 0) is 6.54 Å². The molecule has 2 heterocycles. The van der Waals surface area contributed by atoms with Crippen molar-refractivity contribution in [3.63, 3.8) is 0 Å². The zero-order chi connectivity index (χ0) is 22.1. The van der Waals surface area contributed by atoms with E-state index in [2.05, 4.69) is 25.9 Å². The number of amides is 1. The topological polar surface area (TPSA) is 84.2 Å². The van der Waals surface area contributed by atoms with Crippen molar-refractivity contribution in [2.75, 3.05) is 0 Å². The quantitative estimate of drug-likeness (QED) is 0.394. The minimum absolute atomic E-state index is 0.234. The molecule has 0 saturated heterocycles. The van der Waals surface area contributed by atoms with E-state index in [0.717, 1.165) is 37.7 Å². The second-order valence-corrected chi connectivity index (χ2v) is 8.61. The number of thiocarbonyl (C=S) groups is 1. The molecule has 3 aromatic carbocycles. The number of aryl methyl sites for hydroxylation is 1. The van der Waals surface area contributed by atoms with Crippen molar-refractivity contribution >= 4 is 50.3 Å². The van der Waals surface area contributed by atoms with Crippen LogP contribution in [0.4, 0.5) is 0 Å². The highest BCUT2D eigenvalue weighted by Gasteiger charge is 2.11. The van der Waals surface area contributed by atoms with Crippen LogP contribution in [0, 0.1) is 6.92 Å². The van der Waals surface area contributed by atoms with Gasteiger partial charge in [0.2, 0.25) is 4.96 Å². The summed E-state index contributed by atoms with van der Waals surface area (Å²) in [4.78, 5) is 13.3. The van der Waals surface area contributed by atoms with E-state index in [1.165, 1.54) is 11.3 Å². The van der Waals surface area contributed by atoms with Gasteiger partial charge in [-0.1, -0.05) is 65.9 Å². The number of aromatic nitrogens is 4. The number of benzene rings is 3. The van der Waals surface area contributed by atoms with Crippen molar-refractivity contribution in [1.82, 2.24) is 30.4 Å². The molecule has 7 nitrogen and oxygen atoms in total. The third-order valence-corrected chi connectivity index (χ3v) is 6.23. The van der Waals surface area contributed by atoms with Gasteiger partial charge in [-0.15, -0.1) is 10.2 Å². The monoisotopic (exact) mass is 458 g/mol. The molecule has 2 aromatic heterocycles. The Balaban J connectivity index is 1.19. The fourth-order valence-corrected chi connectivity index (χ4v) is 4.38. The van der Waals surface area contributed by atoms with Crippen LogP contribution in [0.1, 0.15) is 21.7 Å². The minimum atomic E-state index is -0.234. The van der Waals surface area contributed by atoms with E-state index in [9.17, 15) is 4.79 Å². The summed E-state index contributed by atoms with van der Waals surface area (Å²) < 4.78 is 1.74. The maximum atomic E-state index is 12.5. The lowest BCUT2D eigenvalue weighted by atomic mass is 10.1. The number of carbonyl (C=O) groups is 1. The number of hydrogen-bond donors (Lipinski definition) is 2. The molecule has 0 spiro atoms. The molecular formula is C23H18N6OS2. The number of fused-ring (bicyclic) bond motifs is 2. The smallest absolute Gasteiger partial charge is 0.257 e. The number of rotatable bonds is 4. The highest BCUT2D eigenvalue weighted by Crippen LogP contribution is 2.25. The number of hydrogen-bond acceptors (Lipinski definition) is 6. The van der Waals surface area contributed by atoms with E-state index in [4.69, 9.17) is 12.2 Å². The highest BCUT2D eigenvalue weighted by molar-refractivity contribution is 7.80. The van der Waals surface area contributed by atoms with Crippen molar-refractivity contribution in [3.8, 4) is 10.6 Å². The van der Waals surface area contributed by atoms with Crippen molar-refractivity contribution in [1.29, 1.82) is 0 Å². The Hall–Kier alpha value is -3.69. The molecule has 9 heteroatoms. The summed E-state index contributed by atoms with van der Waals surface area (Å²) >= 11 is 6.79. The van der Waals surface area contributed by atoms with Gasteiger partial charge in [-0.3, -0.25) is 10.1 Å². The van der Waals surface area contributed by atoms with E-state index in [1.54, 1.807) is 10.6 Å². The second-order valence-electron chi connectivity index (χ2n) is 7.24. The largest absolute Gasteiger partial charge is 0.358 e. The first kappa shape index (κ1) is 20.2. The van der Waals surface area contributed by atoms with E-state index >= 15 is 0 Å². The normalized spacial score (nSPS) is 11.0. The predicted octanol–water partition coefficient (Wildman–Crippen LogP) is 4.12. The molecule has 5 rings (SSSR count). The third-order valence-electron chi connectivity index (χ3n) is 5.04. The second kappa shape index (κ2) is 8.45. The van der Waals surface area contributed by atoms with Gasteiger partial charge in [0.25, 0.3) is 5.91 Å². The summed E-state index contributed by atoms with van der Waals surface area (Å²) in [6.45, 7) is 2.38. The van der Waals surface area contributed by atoms with Crippen LogP contribution in [0.5, 0.6) is 0 Å². The molecule has 0 saturated carbocycles. The lowest BCUT2D eigenvalue weighted by Gasteiger charge is -2.10. The molecule has 5 aromatic rings. The molecule has 158 valence electrons. The van der Waals surface area contributed by atoms with Gasteiger partial charge < -0.3 is 5.32 Å². The minimum Gasteiger partial charge on any atom is -0.358 e. The Kier molecular flexibility index (Phi) is 5.34. The van der Waals surface area contributed by atoms with Crippen molar-refractivity contribution in [2.45, 2.75) is 13.5 Å². The lowest BCUT2D eigenvalue weighted by Crippen LogP contribution is -2.38. The van der Waals surface area contributed by atoms with Crippen LogP contribution in [0.2, 0.25) is 0 Å². The molecule has 0 aliphatic carbocycles. The van der Waals surface area contributed by atoms with Crippen LogP contribution in [0.25, 0.3) is 26.3 Å². The Labute approximate surface area is 193 Å². The van der Waals surface area contributed by atoms with Gasteiger partial charge in [0.05, 0.1) is 0 Å². The van der Waals surface area contributed by atoms with Gasteiger partial charge in [-0.05, 0) is 47.6 Å². The summed E-state index contributed by atoms with van der Waals surface area (Å²) in [5.74, 6) is 0.532. The Bertz CT molecular complexity index is 1450. The van der Waals surface area contributed by atoms with Gasteiger partial charge in [0, 0.05) is 17.7 Å². The first-order chi connectivity index (χ1) is 15.6. The molecule has 0 unspecified atom stereocenters. The molecule has 0 bridgehead atoms.